The highest BCUT2D eigenvalue weighted by atomic mass is 16.7. The largest absolute Gasteiger partial charge is 0.497 e. The van der Waals surface area contributed by atoms with Crippen LogP contribution in [0.2, 0.25) is 0 Å². The zero-order valence-electron chi connectivity index (χ0n) is 14.7. The average Bonchev–Trinajstić information content (AvgIpc) is 3.15. The molecule has 0 radical (unpaired) electrons. The van der Waals surface area contributed by atoms with Crippen LogP contribution in [0, 0.1) is 0 Å². The van der Waals surface area contributed by atoms with Crippen molar-refractivity contribution < 1.29 is 19.3 Å². The van der Waals surface area contributed by atoms with Crippen molar-refractivity contribution in [1.82, 2.24) is 9.55 Å². The third kappa shape index (κ3) is 3.09. The van der Waals surface area contributed by atoms with Gasteiger partial charge in [0.1, 0.15) is 11.3 Å². The first-order chi connectivity index (χ1) is 13.6. The minimum Gasteiger partial charge on any atom is -0.497 e. The molecule has 0 bridgehead atoms. The fraction of sp³-hybridized carbons (Fsp3) is 0.105. The van der Waals surface area contributed by atoms with Crippen molar-refractivity contribution in [3.63, 3.8) is 0 Å². The first-order valence-electron chi connectivity index (χ1n) is 8.23. The summed E-state index contributed by atoms with van der Waals surface area (Å²) in [6.07, 6.45) is 1.18. The monoisotopic (exact) mass is 381 g/mol. The predicted octanol–water partition coefficient (Wildman–Crippen LogP) is 1.72. The Balaban J connectivity index is 1.77. The molecule has 0 atom stereocenters. The lowest BCUT2D eigenvalue weighted by atomic mass is 10.2. The molecule has 0 unspecified atom stereocenters. The number of hydrogen-bond acceptors (Lipinski definition) is 7. The number of fused-ring (bicyclic) bond motifs is 1. The minimum atomic E-state index is -0.781. The highest BCUT2D eigenvalue weighted by molar-refractivity contribution is 5.84. The van der Waals surface area contributed by atoms with Gasteiger partial charge >= 0.3 is 5.69 Å². The smallest absolute Gasteiger partial charge is 0.335 e. The number of benzene rings is 2. The Morgan fingerprint density at radius 1 is 1.18 bits per heavy atom. The molecule has 0 saturated carbocycles. The molecule has 1 aliphatic rings. The number of aromatic amines is 1. The molecular weight excluding hydrogens is 366 g/mol. The summed E-state index contributed by atoms with van der Waals surface area (Å²) in [6, 6.07) is 11.5. The zero-order chi connectivity index (χ0) is 19.7. The lowest BCUT2D eigenvalue weighted by Crippen LogP contribution is -2.31. The molecule has 0 saturated heterocycles. The molecule has 0 fully saturated rings. The maximum Gasteiger partial charge on any atom is 0.335 e. The van der Waals surface area contributed by atoms with E-state index in [0.717, 1.165) is 4.57 Å². The van der Waals surface area contributed by atoms with Crippen LogP contribution in [0.1, 0.15) is 5.56 Å². The highest BCUT2D eigenvalue weighted by Gasteiger charge is 2.16. The van der Waals surface area contributed by atoms with Crippen LogP contribution in [-0.4, -0.2) is 34.8 Å². The van der Waals surface area contributed by atoms with E-state index in [0.29, 0.717) is 28.6 Å². The van der Waals surface area contributed by atoms with E-state index in [9.17, 15) is 14.7 Å². The number of aliphatic imine (C=N–C) groups is 1. The van der Waals surface area contributed by atoms with Gasteiger partial charge in [-0.15, -0.1) is 0 Å². The fourth-order valence-electron chi connectivity index (χ4n) is 2.75. The second-order valence-corrected chi connectivity index (χ2v) is 5.83. The van der Waals surface area contributed by atoms with Gasteiger partial charge in [-0.05, 0) is 24.3 Å². The van der Waals surface area contributed by atoms with Crippen molar-refractivity contribution in [2.24, 2.45) is 4.99 Å². The van der Waals surface area contributed by atoms with Crippen LogP contribution in [0.5, 0.6) is 23.1 Å². The molecule has 0 amide bonds. The van der Waals surface area contributed by atoms with Crippen molar-refractivity contribution in [3.8, 4) is 28.8 Å². The maximum absolute atomic E-state index is 12.2. The Morgan fingerprint density at radius 2 is 2.00 bits per heavy atom. The molecule has 1 aliphatic heterocycles. The Bertz CT molecular complexity index is 1200. The molecule has 2 N–H and O–H groups in total. The molecule has 0 spiro atoms. The highest BCUT2D eigenvalue weighted by Crippen LogP contribution is 2.35. The predicted molar refractivity (Wildman–Crippen MR) is 101 cm³/mol. The first kappa shape index (κ1) is 17.4. The van der Waals surface area contributed by atoms with Gasteiger partial charge in [-0.1, -0.05) is 6.07 Å². The Hall–Kier alpha value is -4.01. The van der Waals surface area contributed by atoms with E-state index in [-0.39, 0.29) is 12.4 Å². The molecule has 0 aliphatic carbocycles. The summed E-state index contributed by atoms with van der Waals surface area (Å²) in [7, 11) is 1.48. The lowest BCUT2D eigenvalue weighted by Gasteiger charge is -2.10. The first-order valence-corrected chi connectivity index (χ1v) is 8.23. The Labute approximate surface area is 158 Å². The van der Waals surface area contributed by atoms with Crippen LogP contribution >= 0.6 is 0 Å². The van der Waals surface area contributed by atoms with E-state index in [2.05, 4.69) is 9.98 Å². The Morgan fingerprint density at radius 3 is 2.82 bits per heavy atom. The SMILES string of the molecule is COc1cccc(-n2c(O)c(C=Nc3ccc4c(c3)OCO4)c(=O)[nH]c2=O)c1. The molecule has 2 heterocycles. The van der Waals surface area contributed by atoms with Gasteiger partial charge in [0.25, 0.3) is 5.56 Å². The van der Waals surface area contributed by atoms with Crippen LogP contribution in [0.4, 0.5) is 5.69 Å². The van der Waals surface area contributed by atoms with Gasteiger partial charge in [0.05, 0.1) is 18.5 Å². The van der Waals surface area contributed by atoms with Gasteiger partial charge in [0.15, 0.2) is 11.5 Å². The summed E-state index contributed by atoms with van der Waals surface area (Å²) in [4.78, 5) is 30.8. The van der Waals surface area contributed by atoms with E-state index in [4.69, 9.17) is 14.2 Å². The Kier molecular flexibility index (Phi) is 4.32. The number of nitrogens with zero attached hydrogens (tertiary/aromatic N) is 2. The van der Waals surface area contributed by atoms with Crippen molar-refractivity contribution in [3.05, 3.63) is 68.9 Å². The zero-order valence-corrected chi connectivity index (χ0v) is 14.7. The van der Waals surface area contributed by atoms with Crippen molar-refractivity contribution in [2.45, 2.75) is 0 Å². The summed E-state index contributed by atoms with van der Waals surface area (Å²) < 4.78 is 16.6. The number of methoxy groups -OCH3 is 1. The summed E-state index contributed by atoms with van der Waals surface area (Å²) >= 11 is 0. The average molecular weight is 381 g/mol. The number of aromatic nitrogens is 2. The van der Waals surface area contributed by atoms with Crippen molar-refractivity contribution in [2.75, 3.05) is 13.9 Å². The number of H-pyrrole nitrogens is 1. The van der Waals surface area contributed by atoms with Gasteiger partial charge in [0, 0.05) is 18.3 Å². The minimum absolute atomic E-state index is 0.133. The van der Waals surface area contributed by atoms with Gasteiger partial charge in [-0.25, -0.2) is 9.36 Å². The standard InChI is InChI=1S/C19H15N3O6/c1-26-13-4-2-3-12(8-13)22-18(24)14(17(23)21-19(22)25)9-20-11-5-6-15-16(7-11)28-10-27-15/h2-9,24H,10H2,1H3,(H,21,23,25). The van der Waals surface area contributed by atoms with E-state index in [1.807, 2.05) is 0 Å². The fourth-order valence-corrected chi connectivity index (χ4v) is 2.75. The van der Waals surface area contributed by atoms with Crippen LogP contribution in [0.25, 0.3) is 5.69 Å². The molecule has 1 aromatic heterocycles. The van der Waals surface area contributed by atoms with E-state index >= 15 is 0 Å². The second-order valence-electron chi connectivity index (χ2n) is 5.83. The summed E-state index contributed by atoms with van der Waals surface area (Å²) in [6.45, 7) is 0.133. The van der Waals surface area contributed by atoms with Crippen LogP contribution in [0.3, 0.4) is 0 Å². The van der Waals surface area contributed by atoms with Gasteiger partial charge in [0.2, 0.25) is 12.7 Å². The third-order valence-corrected chi connectivity index (χ3v) is 4.13. The number of ether oxygens (including phenoxy) is 3. The molecule has 28 heavy (non-hydrogen) atoms. The summed E-state index contributed by atoms with van der Waals surface area (Å²) in [5.74, 6) is 1.09. The van der Waals surface area contributed by atoms with Gasteiger partial charge in [-0.3, -0.25) is 14.8 Å². The van der Waals surface area contributed by atoms with Crippen LogP contribution < -0.4 is 25.5 Å². The summed E-state index contributed by atoms with van der Waals surface area (Å²) in [5, 5.41) is 10.6. The topological polar surface area (TPSA) is 115 Å². The van der Waals surface area contributed by atoms with Gasteiger partial charge < -0.3 is 19.3 Å². The lowest BCUT2D eigenvalue weighted by molar-refractivity contribution is 0.174. The van der Waals surface area contributed by atoms with E-state index in [1.54, 1.807) is 42.5 Å². The number of aromatic hydroxyl groups is 1. The molecule has 3 aromatic rings. The second kappa shape index (κ2) is 6.95. The van der Waals surface area contributed by atoms with Crippen molar-refractivity contribution >= 4 is 11.9 Å². The molecule has 142 valence electrons. The van der Waals surface area contributed by atoms with Crippen molar-refractivity contribution in [1.29, 1.82) is 0 Å². The van der Waals surface area contributed by atoms with Crippen LogP contribution in [-0.2, 0) is 0 Å². The maximum atomic E-state index is 12.2. The van der Waals surface area contributed by atoms with Crippen LogP contribution in [0.15, 0.2) is 57.0 Å². The third-order valence-electron chi connectivity index (χ3n) is 4.13. The van der Waals surface area contributed by atoms with E-state index < -0.39 is 17.1 Å². The molecule has 2 aromatic carbocycles. The molecular formula is C19H15N3O6. The molecule has 4 rings (SSSR count). The molecule has 9 nitrogen and oxygen atoms in total. The number of hydrogen-bond donors (Lipinski definition) is 2. The molecule has 9 heteroatoms. The number of rotatable bonds is 4. The summed E-state index contributed by atoms with van der Waals surface area (Å²) in [5.41, 5.74) is -0.889. The quantitative estimate of drug-likeness (QED) is 0.665. The number of nitrogens with one attached hydrogen (secondary N) is 1. The van der Waals surface area contributed by atoms with Gasteiger partial charge in [-0.2, -0.15) is 0 Å². The normalized spacial score (nSPS) is 12.5. The van der Waals surface area contributed by atoms with E-state index in [1.165, 1.54) is 13.3 Å².